The predicted molar refractivity (Wildman–Crippen MR) is 44.4 cm³/mol. The predicted octanol–water partition coefficient (Wildman–Crippen LogP) is 1.39. The summed E-state index contributed by atoms with van der Waals surface area (Å²) in [6.07, 6.45) is 4.71. The zero-order valence-corrected chi connectivity index (χ0v) is 7.28. The molecular formula is C10H16O2. The molecule has 3 fully saturated rings. The molecule has 0 aromatic rings. The van der Waals surface area contributed by atoms with E-state index in [1.54, 1.807) is 0 Å². The van der Waals surface area contributed by atoms with E-state index in [4.69, 9.17) is 4.74 Å². The van der Waals surface area contributed by atoms with Crippen LogP contribution in [0.4, 0.5) is 0 Å². The van der Waals surface area contributed by atoms with Crippen LogP contribution < -0.4 is 0 Å². The molecule has 3 aliphatic rings. The number of ether oxygens (including phenoxy) is 1. The van der Waals surface area contributed by atoms with Gasteiger partial charge in [-0.3, -0.25) is 0 Å². The largest absolute Gasteiger partial charge is 0.368 e. The summed E-state index contributed by atoms with van der Waals surface area (Å²) in [5.41, 5.74) is 0. The third kappa shape index (κ3) is 0.882. The number of hydrogen-bond donors (Lipinski definition) is 1. The van der Waals surface area contributed by atoms with Crippen molar-refractivity contribution in [2.75, 3.05) is 6.61 Å². The van der Waals surface area contributed by atoms with E-state index in [1.165, 1.54) is 19.3 Å². The molecule has 3 rings (SSSR count). The first-order valence-electron chi connectivity index (χ1n) is 5.14. The lowest BCUT2D eigenvalue weighted by Gasteiger charge is -2.36. The molecule has 1 N–H and O–H groups in total. The number of aliphatic hydroxyl groups is 1. The molecule has 5 atom stereocenters. The monoisotopic (exact) mass is 168 g/mol. The van der Waals surface area contributed by atoms with Gasteiger partial charge in [-0.05, 0) is 42.9 Å². The van der Waals surface area contributed by atoms with Gasteiger partial charge >= 0.3 is 0 Å². The first-order chi connectivity index (χ1) is 5.84. The SMILES string of the molecule is O[C@H]1C[C@H]2[C@H]3CC[C@H](C3)[C@H]2CO1. The second-order valence-corrected chi connectivity index (χ2v) is 4.68. The van der Waals surface area contributed by atoms with Crippen LogP contribution in [0.2, 0.25) is 0 Å². The molecule has 1 heterocycles. The molecule has 2 saturated carbocycles. The minimum absolute atomic E-state index is 0.453. The van der Waals surface area contributed by atoms with E-state index < -0.39 is 6.29 Å². The summed E-state index contributed by atoms with van der Waals surface area (Å²) in [5, 5.41) is 9.36. The molecule has 0 aromatic carbocycles. The van der Waals surface area contributed by atoms with E-state index in [2.05, 4.69) is 0 Å². The average molecular weight is 168 g/mol. The molecule has 1 aliphatic heterocycles. The van der Waals surface area contributed by atoms with Crippen LogP contribution in [-0.4, -0.2) is 18.0 Å². The summed E-state index contributed by atoms with van der Waals surface area (Å²) in [4.78, 5) is 0. The Morgan fingerprint density at radius 1 is 1.00 bits per heavy atom. The molecule has 2 bridgehead atoms. The molecule has 1 saturated heterocycles. The van der Waals surface area contributed by atoms with Gasteiger partial charge in [-0.15, -0.1) is 0 Å². The highest BCUT2D eigenvalue weighted by Gasteiger charge is 2.49. The van der Waals surface area contributed by atoms with Crippen molar-refractivity contribution < 1.29 is 9.84 Å². The van der Waals surface area contributed by atoms with Crippen molar-refractivity contribution >= 4 is 0 Å². The fraction of sp³-hybridized carbons (Fsp3) is 1.00. The summed E-state index contributed by atoms with van der Waals surface area (Å²) in [6, 6.07) is 0. The Balaban J connectivity index is 1.81. The minimum atomic E-state index is -0.453. The highest BCUT2D eigenvalue weighted by atomic mass is 16.6. The van der Waals surface area contributed by atoms with Crippen molar-refractivity contribution in [2.24, 2.45) is 23.7 Å². The summed E-state index contributed by atoms with van der Waals surface area (Å²) in [5.74, 6) is 3.46. The molecule has 68 valence electrons. The molecule has 2 aliphatic carbocycles. The highest BCUT2D eigenvalue weighted by molar-refractivity contribution is 4.97. The van der Waals surface area contributed by atoms with Gasteiger partial charge in [0, 0.05) is 6.42 Å². The maximum absolute atomic E-state index is 9.36. The van der Waals surface area contributed by atoms with Gasteiger partial charge < -0.3 is 9.84 Å². The Bertz CT molecular complexity index is 192. The van der Waals surface area contributed by atoms with Crippen LogP contribution in [0.5, 0.6) is 0 Å². The summed E-state index contributed by atoms with van der Waals surface area (Å²) < 4.78 is 5.30. The molecule has 0 aromatic heterocycles. The van der Waals surface area contributed by atoms with Crippen LogP contribution in [0.15, 0.2) is 0 Å². The highest BCUT2D eigenvalue weighted by Crippen LogP contribution is 2.55. The van der Waals surface area contributed by atoms with Gasteiger partial charge in [0.1, 0.15) is 0 Å². The Morgan fingerprint density at radius 2 is 1.75 bits per heavy atom. The summed E-state index contributed by atoms with van der Waals surface area (Å²) in [6.45, 7) is 0.826. The molecule has 12 heavy (non-hydrogen) atoms. The third-order valence-corrected chi connectivity index (χ3v) is 4.23. The van der Waals surface area contributed by atoms with Gasteiger partial charge in [0.15, 0.2) is 6.29 Å². The average Bonchev–Trinajstić information content (AvgIpc) is 2.63. The van der Waals surface area contributed by atoms with E-state index in [0.29, 0.717) is 0 Å². The lowest BCUT2D eigenvalue weighted by Crippen LogP contribution is -2.36. The minimum Gasteiger partial charge on any atom is -0.368 e. The first kappa shape index (κ1) is 7.34. The zero-order valence-electron chi connectivity index (χ0n) is 7.28. The standard InChI is InChI=1S/C10H16O2/c11-10-4-8-6-1-2-7(3-6)9(8)5-12-10/h6-11H,1-5H2/t6-,7+,8-,9+,10+/m0/s1. The van der Waals surface area contributed by atoms with Gasteiger partial charge in [0.05, 0.1) is 6.61 Å². The van der Waals surface area contributed by atoms with E-state index in [-0.39, 0.29) is 0 Å². The quantitative estimate of drug-likeness (QED) is 0.592. The fourth-order valence-electron chi connectivity index (χ4n) is 3.68. The first-order valence-corrected chi connectivity index (χ1v) is 5.14. The van der Waals surface area contributed by atoms with Gasteiger partial charge in [0.25, 0.3) is 0 Å². The molecule has 2 heteroatoms. The normalized spacial score (nSPS) is 57.2. The Kier molecular flexibility index (Phi) is 1.50. The number of fused-ring (bicyclic) bond motifs is 5. The zero-order chi connectivity index (χ0) is 8.13. The van der Waals surface area contributed by atoms with E-state index >= 15 is 0 Å². The molecule has 2 nitrogen and oxygen atoms in total. The van der Waals surface area contributed by atoms with Crippen LogP contribution in [0, 0.1) is 23.7 Å². The van der Waals surface area contributed by atoms with Crippen molar-refractivity contribution in [2.45, 2.75) is 32.0 Å². The topological polar surface area (TPSA) is 29.5 Å². The van der Waals surface area contributed by atoms with Crippen LogP contribution in [0.1, 0.15) is 25.7 Å². The van der Waals surface area contributed by atoms with Crippen molar-refractivity contribution in [3.63, 3.8) is 0 Å². The lowest BCUT2D eigenvalue weighted by molar-refractivity contribution is -0.166. The fourth-order valence-corrected chi connectivity index (χ4v) is 3.68. The van der Waals surface area contributed by atoms with E-state index in [9.17, 15) is 5.11 Å². The summed E-state index contributed by atoms with van der Waals surface area (Å²) in [7, 11) is 0. The smallest absolute Gasteiger partial charge is 0.154 e. The number of rotatable bonds is 0. The third-order valence-electron chi connectivity index (χ3n) is 4.23. The van der Waals surface area contributed by atoms with Crippen molar-refractivity contribution in [3.8, 4) is 0 Å². The lowest BCUT2D eigenvalue weighted by atomic mass is 9.76. The Morgan fingerprint density at radius 3 is 2.58 bits per heavy atom. The van der Waals surface area contributed by atoms with Crippen molar-refractivity contribution in [1.29, 1.82) is 0 Å². The second-order valence-electron chi connectivity index (χ2n) is 4.68. The van der Waals surface area contributed by atoms with Gasteiger partial charge in [-0.2, -0.15) is 0 Å². The molecule has 0 unspecified atom stereocenters. The number of hydrogen-bond acceptors (Lipinski definition) is 2. The number of aliphatic hydroxyl groups excluding tert-OH is 1. The summed E-state index contributed by atoms with van der Waals surface area (Å²) >= 11 is 0. The van der Waals surface area contributed by atoms with Gasteiger partial charge in [0.2, 0.25) is 0 Å². The van der Waals surface area contributed by atoms with Gasteiger partial charge in [-0.25, -0.2) is 0 Å². The molecular weight excluding hydrogens is 152 g/mol. The van der Waals surface area contributed by atoms with Gasteiger partial charge in [-0.1, -0.05) is 0 Å². The van der Waals surface area contributed by atoms with Crippen LogP contribution in [0.25, 0.3) is 0 Å². The maximum Gasteiger partial charge on any atom is 0.154 e. The molecule has 0 radical (unpaired) electrons. The Hall–Kier alpha value is -0.0800. The molecule has 0 amide bonds. The van der Waals surface area contributed by atoms with E-state index in [0.717, 1.165) is 36.7 Å². The van der Waals surface area contributed by atoms with Crippen LogP contribution in [-0.2, 0) is 4.74 Å². The van der Waals surface area contributed by atoms with E-state index in [1.807, 2.05) is 0 Å². The van der Waals surface area contributed by atoms with Crippen LogP contribution >= 0.6 is 0 Å². The van der Waals surface area contributed by atoms with Crippen LogP contribution in [0.3, 0.4) is 0 Å². The second kappa shape index (κ2) is 2.46. The van der Waals surface area contributed by atoms with Crippen molar-refractivity contribution in [3.05, 3.63) is 0 Å². The maximum atomic E-state index is 9.36. The Labute approximate surface area is 72.9 Å². The molecule has 0 spiro atoms. The van der Waals surface area contributed by atoms with Crippen molar-refractivity contribution in [1.82, 2.24) is 0 Å².